The van der Waals surface area contributed by atoms with Crippen molar-refractivity contribution in [1.29, 1.82) is 5.26 Å². The van der Waals surface area contributed by atoms with Gasteiger partial charge in [0.25, 0.3) is 5.91 Å². The summed E-state index contributed by atoms with van der Waals surface area (Å²) in [6, 6.07) is 14.4. The molecule has 146 valence electrons. The minimum Gasteiger partial charge on any atom is -0.490 e. The first-order valence-electron chi connectivity index (χ1n) is 9.38. The number of carbonyl (C=O) groups excluding carboxylic acids is 1. The molecule has 0 saturated carbocycles. The van der Waals surface area contributed by atoms with E-state index in [1.165, 1.54) is 0 Å². The molecule has 28 heavy (non-hydrogen) atoms. The zero-order valence-electron chi connectivity index (χ0n) is 16.1. The summed E-state index contributed by atoms with van der Waals surface area (Å²) in [7, 11) is 0. The number of fused-ring (bicyclic) bond motifs is 1. The van der Waals surface area contributed by atoms with Crippen molar-refractivity contribution in [3.8, 4) is 23.3 Å². The molecule has 1 atom stereocenters. The monoisotopic (exact) mass is 380 g/mol. The van der Waals surface area contributed by atoms with Crippen LogP contribution in [0.1, 0.15) is 37.4 Å². The average molecular weight is 380 g/mol. The third kappa shape index (κ3) is 4.95. The lowest BCUT2D eigenvalue weighted by molar-refractivity contribution is -0.124. The summed E-state index contributed by atoms with van der Waals surface area (Å²) in [6.07, 6.45) is 0.846. The third-order valence-electron chi connectivity index (χ3n) is 4.45. The summed E-state index contributed by atoms with van der Waals surface area (Å²) in [5, 5.41) is 12.0. The maximum absolute atomic E-state index is 12.4. The van der Waals surface area contributed by atoms with Crippen LogP contribution >= 0.6 is 0 Å². The van der Waals surface area contributed by atoms with Crippen LogP contribution in [-0.2, 0) is 4.79 Å². The van der Waals surface area contributed by atoms with Gasteiger partial charge in [-0.15, -0.1) is 0 Å². The SMILES string of the molecule is CC(C)[C@@H](NC(=O)COc1cccc(C#N)c1)c1ccc2c(c1)OCCCO2. The normalized spacial score (nSPS) is 13.9. The van der Waals surface area contributed by atoms with Gasteiger partial charge in [-0.25, -0.2) is 0 Å². The highest BCUT2D eigenvalue weighted by Gasteiger charge is 2.21. The fourth-order valence-corrected chi connectivity index (χ4v) is 3.03. The molecule has 1 aliphatic rings. The standard InChI is InChI=1S/C22H24N2O4/c1-15(2)22(17-7-8-19-20(12-17)27-10-4-9-26-19)24-21(25)14-28-18-6-3-5-16(11-18)13-23/h3,5-8,11-12,15,22H,4,9-10,14H2,1-2H3,(H,24,25)/t22-/m1/s1. The van der Waals surface area contributed by atoms with Crippen LogP contribution in [0.15, 0.2) is 42.5 Å². The maximum atomic E-state index is 12.4. The molecule has 0 unspecified atom stereocenters. The average Bonchev–Trinajstić information content (AvgIpc) is 2.95. The summed E-state index contributed by atoms with van der Waals surface area (Å²) in [5.41, 5.74) is 1.45. The Morgan fingerprint density at radius 2 is 1.96 bits per heavy atom. The highest BCUT2D eigenvalue weighted by atomic mass is 16.5. The van der Waals surface area contributed by atoms with Gasteiger partial charge in [-0.05, 0) is 41.8 Å². The van der Waals surface area contributed by atoms with Gasteiger partial charge in [-0.3, -0.25) is 4.79 Å². The van der Waals surface area contributed by atoms with Crippen LogP contribution in [0.5, 0.6) is 17.2 Å². The van der Waals surface area contributed by atoms with E-state index in [0.717, 1.165) is 17.7 Å². The van der Waals surface area contributed by atoms with Gasteiger partial charge in [0, 0.05) is 6.42 Å². The number of ether oxygens (including phenoxy) is 3. The van der Waals surface area contributed by atoms with E-state index in [4.69, 9.17) is 19.5 Å². The minimum atomic E-state index is -0.229. The number of benzene rings is 2. The van der Waals surface area contributed by atoms with Crippen molar-refractivity contribution >= 4 is 5.91 Å². The van der Waals surface area contributed by atoms with Gasteiger partial charge in [0.1, 0.15) is 5.75 Å². The van der Waals surface area contributed by atoms with E-state index in [-0.39, 0.29) is 24.5 Å². The second-order valence-corrected chi connectivity index (χ2v) is 6.97. The molecule has 0 fully saturated rings. The lowest BCUT2D eigenvalue weighted by atomic mass is 9.95. The molecule has 2 aromatic rings. The summed E-state index contributed by atoms with van der Waals surface area (Å²) in [4.78, 5) is 12.4. The van der Waals surface area contributed by atoms with E-state index >= 15 is 0 Å². The molecule has 0 radical (unpaired) electrons. The number of hydrogen-bond acceptors (Lipinski definition) is 5. The largest absolute Gasteiger partial charge is 0.490 e. The van der Waals surface area contributed by atoms with Crippen molar-refractivity contribution in [1.82, 2.24) is 5.32 Å². The van der Waals surface area contributed by atoms with Crippen molar-refractivity contribution < 1.29 is 19.0 Å². The fourth-order valence-electron chi connectivity index (χ4n) is 3.03. The van der Waals surface area contributed by atoms with Crippen LogP contribution in [0.25, 0.3) is 0 Å². The molecular formula is C22H24N2O4. The topological polar surface area (TPSA) is 80.6 Å². The van der Waals surface area contributed by atoms with Crippen molar-refractivity contribution in [2.45, 2.75) is 26.3 Å². The number of amides is 1. The van der Waals surface area contributed by atoms with Crippen LogP contribution in [0, 0.1) is 17.2 Å². The van der Waals surface area contributed by atoms with Crippen LogP contribution in [0.3, 0.4) is 0 Å². The summed E-state index contributed by atoms with van der Waals surface area (Å²) in [5.74, 6) is 1.88. The third-order valence-corrected chi connectivity index (χ3v) is 4.45. The second-order valence-electron chi connectivity index (χ2n) is 6.97. The Kier molecular flexibility index (Phi) is 6.38. The first-order valence-corrected chi connectivity index (χ1v) is 9.38. The van der Waals surface area contributed by atoms with E-state index in [0.29, 0.717) is 30.3 Å². The lowest BCUT2D eigenvalue weighted by Crippen LogP contribution is -2.35. The van der Waals surface area contributed by atoms with Crippen LogP contribution < -0.4 is 19.5 Å². The molecule has 0 spiro atoms. The Hall–Kier alpha value is -3.20. The second kappa shape index (κ2) is 9.14. The predicted molar refractivity (Wildman–Crippen MR) is 104 cm³/mol. The van der Waals surface area contributed by atoms with Crippen LogP contribution in [0.2, 0.25) is 0 Å². The van der Waals surface area contributed by atoms with Crippen LogP contribution in [-0.4, -0.2) is 25.7 Å². The van der Waals surface area contributed by atoms with Crippen molar-refractivity contribution in [3.05, 3.63) is 53.6 Å². The number of carbonyl (C=O) groups is 1. The van der Waals surface area contributed by atoms with Crippen molar-refractivity contribution in [2.24, 2.45) is 5.92 Å². The van der Waals surface area contributed by atoms with Gasteiger partial charge in [0.05, 0.1) is 30.9 Å². The van der Waals surface area contributed by atoms with Crippen LogP contribution in [0.4, 0.5) is 0 Å². The zero-order chi connectivity index (χ0) is 19.9. The van der Waals surface area contributed by atoms with E-state index < -0.39 is 0 Å². The van der Waals surface area contributed by atoms with Gasteiger partial charge in [0.15, 0.2) is 18.1 Å². The van der Waals surface area contributed by atoms with Gasteiger partial charge >= 0.3 is 0 Å². The number of nitriles is 1. The molecule has 0 saturated heterocycles. The Morgan fingerprint density at radius 1 is 1.18 bits per heavy atom. The molecule has 0 aliphatic carbocycles. The molecule has 3 rings (SSSR count). The molecule has 0 bridgehead atoms. The molecular weight excluding hydrogens is 356 g/mol. The van der Waals surface area contributed by atoms with Crippen molar-refractivity contribution in [2.75, 3.05) is 19.8 Å². The summed E-state index contributed by atoms with van der Waals surface area (Å²) in [6.45, 7) is 5.23. The smallest absolute Gasteiger partial charge is 0.258 e. The zero-order valence-corrected chi connectivity index (χ0v) is 16.1. The number of hydrogen-bond donors (Lipinski definition) is 1. The van der Waals surface area contributed by atoms with E-state index in [1.807, 2.05) is 32.0 Å². The Labute approximate surface area is 165 Å². The van der Waals surface area contributed by atoms with Gasteiger partial charge in [-0.2, -0.15) is 5.26 Å². The van der Waals surface area contributed by atoms with E-state index in [9.17, 15) is 4.79 Å². The Bertz CT molecular complexity index is 873. The van der Waals surface area contributed by atoms with E-state index in [1.54, 1.807) is 24.3 Å². The molecule has 1 N–H and O–H groups in total. The quantitative estimate of drug-likeness (QED) is 0.828. The van der Waals surface area contributed by atoms with Gasteiger partial charge in [-0.1, -0.05) is 26.0 Å². The lowest BCUT2D eigenvalue weighted by Gasteiger charge is -2.24. The molecule has 6 nitrogen and oxygen atoms in total. The first kappa shape index (κ1) is 19.6. The molecule has 1 heterocycles. The molecule has 6 heteroatoms. The maximum Gasteiger partial charge on any atom is 0.258 e. The number of nitrogens with one attached hydrogen (secondary N) is 1. The molecule has 0 aromatic heterocycles. The molecule has 1 aliphatic heterocycles. The summed E-state index contributed by atoms with van der Waals surface area (Å²) < 4.78 is 17.0. The van der Waals surface area contributed by atoms with Crippen molar-refractivity contribution in [3.63, 3.8) is 0 Å². The number of nitrogens with zero attached hydrogens (tertiary/aromatic N) is 1. The first-order chi connectivity index (χ1) is 13.6. The molecule has 1 amide bonds. The van der Waals surface area contributed by atoms with Gasteiger partial charge < -0.3 is 19.5 Å². The fraction of sp³-hybridized carbons (Fsp3) is 0.364. The highest BCUT2D eigenvalue weighted by Crippen LogP contribution is 2.34. The number of rotatable bonds is 6. The summed E-state index contributed by atoms with van der Waals surface area (Å²) >= 11 is 0. The highest BCUT2D eigenvalue weighted by molar-refractivity contribution is 5.78. The van der Waals surface area contributed by atoms with E-state index in [2.05, 4.69) is 11.4 Å². The minimum absolute atomic E-state index is 0.122. The molecule has 2 aromatic carbocycles. The van der Waals surface area contributed by atoms with Gasteiger partial charge in [0.2, 0.25) is 0 Å². The Balaban J connectivity index is 1.66. The predicted octanol–water partition coefficient (Wildman–Crippen LogP) is 3.61. The Morgan fingerprint density at radius 3 is 2.71 bits per heavy atom.